The van der Waals surface area contributed by atoms with Crippen molar-refractivity contribution >= 4 is 23.5 Å². The number of hydrogen-bond donors (Lipinski definition) is 3. The normalized spacial score (nSPS) is 15.1. The molecule has 104 valence electrons. The molecule has 20 heavy (non-hydrogen) atoms. The van der Waals surface area contributed by atoms with Crippen molar-refractivity contribution in [1.29, 1.82) is 0 Å². The van der Waals surface area contributed by atoms with E-state index in [4.69, 9.17) is 5.73 Å². The van der Waals surface area contributed by atoms with E-state index in [-0.39, 0.29) is 5.95 Å². The van der Waals surface area contributed by atoms with E-state index in [1.54, 1.807) is 0 Å². The van der Waals surface area contributed by atoms with E-state index in [0.29, 0.717) is 11.9 Å². The van der Waals surface area contributed by atoms with Crippen molar-refractivity contribution in [2.75, 3.05) is 42.1 Å². The molecule has 0 unspecified atom stereocenters. The van der Waals surface area contributed by atoms with Crippen LogP contribution in [0.15, 0.2) is 30.3 Å². The highest BCUT2D eigenvalue weighted by Gasteiger charge is 2.15. The van der Waals surface area contributed by atoms with Crippen LogP contribution in [-0.4, -0.2) is 41.1 Å². The molecule has 1 aliphatic rings. The van der Waals surface area contributed by atoms with Gasteiger partial charge in [0.2, 0.25) is 17.8 Å². The molecule has 3 rings (SSSR count). The zero-order chi connectivity index (χ0) is 13.8. The van der Waals surface area contributed by atoms with Crippen molar-refractivity contribution < 1.29 is 0 Å². The Balaban J connectivity index is 1.82. The van der Waals surface area contributed by atoms with Gasteiger partial charge in [-0.1, -0.05) is 18.2 Å². The minimum atomic E-state index is 0.229. The van der Waals surface area contributed by atoms with Gasteiger partial charge in [0.25, 0.3) is 0 Å². The van der Waals surface area contributed by atoms with Gasteiger partial charge in [-0.2, -0.15) is 15.0 Å². The number of rotatable bonds is 3. The number of nitrogens with one attached hydrogen (secondary N) is 2. The van der Waals surface area contributed by atoms with Gasteiger partial charge in [-0.15, -0.1) is 0 Å². The Hall–Kier alpha value is -2.41. The van der Waals surface area contributed by atoms with E-state index in [1.165, 1.54) is 0 Å². The van der Waals surface area contributed by atoms with Crippen molar-refractivity contribution in [3.8, 4) is 0 Å². The molecular weight excluding hydrogens is 254 g/mol. The first-order valence-corrected chi connectivity index (χ1v) is 6.60. The molecule has 1 aromatic carbocycles. The zero-order valence-corrected chi connectivity index (χ0v) is 11.1. The molecule has 0 atom stereocenters. The number of hydrogen-bond acceptors (Lipinski definition) is 7. The summed E-state index contributed by atoms with van der Waals surface area (Å²) in [7, 11) is 0. The van der Waals surface area contributed by atoms with E-state index >= 15 is 0 Å². The molecular formula is C13H17N7. The number of para-hydroxylation sites is 1. The summed E-state index contributed by atoms with van der Waals surface area (Å²) in [6.45, 7) is 3.59. The number of anilines is 4. The average Bonchev–Trinajstić information content (AvgIpc) is 2.49. The van der Waals surface area contributed by atoms with E-state index in [9.17, 15) is 0 Å². The Bertz CT molecular complexity index is 566. The van der Waals surface area contributed by atoms with Crippen LogP contribution in [0, 0.1) is 0 Å². The summed E-state index contributed by atoms with van der Waals surface area (Å²) in [5, 5.41) is 6.43. The van der Waals surface area contributed by atoms with Gasteiger partial charge in [0.15, 0.2) is 0 Å². The van der Waals surface area contributed by atoms with Gasteiger partial charge >= 0.3 is 0 Å². The lowest BCUT2D eigenvalue weighted by Crippen LogP contribution is -2.44. The highest BCUT2D eigenvalue weighted by atomic mass is 15.3. The lowest BCUT2D eigenvalue weighted by atomic mass is 10.3. The second-order valence-electron chi connectivity index (χ2n) is 4.55. The van der Waals surface area contributed by atoms with Crippen LogP contribution in [0.3, 0.4) is 0 Å². The maximum absolute atomic E-state index is 5.78. The van der Waals surface area contributed by atoms with Gasteiger partial charge in [0.05, 0.1) is 0 Å². The van der Waals surface area contributed by atoms with Gasteiger partial charge in [0, 0.05) is 31.9 Å². The van der Waals surface area contributed by atoms with E-state index in [2.05, 4.69) is 30.5 Å². The number of piperazine rings is 1. The monoisotopic (exact) mass is 271 g/mol. The SMILES string of the molecule is Nc1nc(Nc2ccccc2)nc(N2CCNCC2)n1. The summed E-state index contributed by atoms with van der Waals surface area (Å²) in [4.78, 5) is 14.9. The molecule has 7 nitrogen and oxygen atoms in total. The maximum atomic E-state index is 5.78. The fourth-order valence-corrected chi connectivity index (χ4v) is 2.09. The average molecular weight is 271 g/mol. The lowest BCUT2D eigenvalue weighted by molar-refractivity contribution is 0.579. The van der Waals surface area contributed by atoms with Crippen molar-refractivity contribution in [1.82, 2.24) is 20.3 Å². The second kappa shape index (κ2) is 5.70. The van der Waals surface area contributed by atoms with E-state index < -0.39 is 0 Å². The maximum Gasteiger partial charge on any atom is 0.233 e. The molecule has 1 aromatic heterocycles. The Morgan fingerprint density at radius 1 is 1.05 bits per heavy atom. The molecule has 0 amide bonds. The predicted octanol–water partition coefficient (Wildman–Crippen LogP) is 0.607. The molecule has 7 heteroatoms. The molecule has 2 heterocycles. The highest BCUT2D eigenvalue weighted by Crippen LogP contribution is 2.16. The Morgan fingerprint density at radius 2 is 1.80 bits per heavy atom. The molecule has 0 saturated carbocycles. The number of benzene rings is 1. The molecule has 1 aliphatic heterocycles. The Kier molecular flexibility index (Phi) is 3.60. The standard InChI is InChI=1S/C13H17N7/c14-11-17-12(16-10-4-2-1-3-5-10)19-13(18-11)20-8-6-15-7-9-20/h1-5,15H,6-9H2,(H3,14,16,17,18,19). The molecule has 0 bridgehead atoms. The summed E-state index contributed by atoms with van der Waals surface area (Å²) in [6.07, 6.45) is 0. The third-order valence-corrected chi connectivity index (χ3v) is 3.07. The highest BCUT2D eigenvalue weighted by molar-refractivity contribution is 5.55. The van der Waals surface area contributed by atoms with Crippen molar-refractivity contribution in [3.63, 3.8) is 0 Å². The first-order chi connectivity index (χ1) is 9.81. The summed E-state index contributed by atoms with van der Waals surface area (Å²) >= 11 is 0. The molecule has 4 N–H and O–H groups in total. The van der Waals surface area contributed by atoms with Crippen LogP contribution in [0.2, 0.25) is 0 Å². The van der Waals surface area contributed by atoms with Crippen LogP contribution in [0.5, 0.6) is 0 Å². The fraction of sp³-hybridized carbons (Fsp3) is 0.308. The molecule has 1 fully saturated rings. The minimum Gasteiger partial charge on any atom is -0.368 e. The summed E-state index contributed by atoms with van der Waals surface area (Å²) in [5.41, 5.74) is 6.70. The van der Waals surface area contributed by atoms with Crippen LogP contribution in [0.25, 0.3) is 0 Å². The van der Waals surface area contributed by atoms with Gasteiger partial charge in [0.1, 0.15) is 0 Å². The van der Waals surface area contributed by atoms with Gasteiger partial charge < -0.3 is 21.3 Å². The van der Waals surface area contributed by atoms with Gasteiger partial charge in [-0.3, -0.25) is 0 Å². The van der Waals surface area contributed by atoms with Crippen LogP contribution < -0.4 is 21.3 Å². The first-order valence-electron chi connectivity index (χ1n) is 6.60. The molecule has 0 spiro atoms. The Labute approximate surface area is 117 Å². The summed E-state index contributed by atoms with van der Waals surface area (Å²) < 4.78 is 0. The quantitative estimate of drug-likeness (QED) is 0.753. The van der Waals surface area contributed by atoms with Gasteiger partial charge in [-0.05, 0) is 12.1 Å². The topological polar surface area (TPSA) is 92.0 Å². The second-order valence-corrected chi connectivity index (χ2v) is 4.55. The molecule has 0 radical (unpaired) electrons. The third kappa shape index (κ3) is 2.94. The largest absolute Gasteiger partial charge is 0.368 e. The number of nitrogen functional groups attached to an aromatic ring is 1. The predicted molar refractivity (Wildman–Crippen MR) is 79.0 cm³/mol. The summed E-state index contributed by atoms with van der Waals surface area (Å²) in [6, 6.07) is 9.75. The van der Waals surface area contributed by atoms with Crippen LogP contribution in [0.4, 0.5) is 23.5 Å². The van der Waals surface area contributed by atoms with Gasteiger partial charge in [-0.25, -0.2) is 0 Å². The van der Waals surface area contributed by atoms with E-state index in [1.807, 2.05) is 30.3 Å². The fourth-order valence-electron chi connectivity index (χ4n) is 2.09. The Morgan fingerprint density at radius 3 is 2.55 bits per heavy atom. The number of nitrogens with zero attached hydrogens (tertiary/aromatic N) is 4. The van der Waals surface area contributed by atoms with Crippen molar-refractivity contribution in [3.05, 3.63) is 30.3 Å². The minimum absolute atomic E-state index is 0.229. The molecule has 1 saturated heterocycles. The van der Waals surface area contributed by atoms with Crippen LogP contribution in [-0.2, 0) is 0 Å². The summed E-state index contributed by atoms with van der Waals surface area (Å²) in [5.74, 6) is 1.32. The first kappa shape index (κ1) is 12.6. The third-order valence-electron chi connectivity index (χ3n) is 3.07. The van der Waals surface area contributed by atoms with Crippen LogP contribution in [0.1, 0.15) is 0 Å². The van der Waals surface area contributed by atoms with Crippen molar-refractivity contribution in [2.24, 2.45) is 0 Å². The number of aromatic nitrogens is 3. The van der Waals surface area contributed by atoms with E-state index in [0.717, 1.165) is 31.9 Å². The molecule has 2 aromatic rings. The number of nitrogens with two attached hydrogens (primary N) is 1. The lowest BCUT2D eigenvalue weighted by Gasteiger charge is -2.27. The van der Waals surface area contributed by atoms with Crippen molar-refractivity contribution in [2.45, 2.75) is 0 Å². The smallest absolute Gasteiger partial charge is 0.233 e. The zero-order valence-electron chi connectivity index (χ0n) is 11.1. The van der Waals surface area contributed by atoms with Crippen LogP contribution >= 0.6 is 0 Å². The molecule has 0 aliphatic carbocycles.